The Hall–Kier alpha value is -2.96. The van der Waals surface area contributed by atoms with Gasteiger partial charge in [-0.3, -0.25) is 4.79 Å². The number of nitrogens with one attached hydrogen (secondary N) is 1. The van der Waals surface area contributed by atoms with Crippen LogP contribution in [0.4, 0.5) is 5.82 Å². The number of nitrogens with zero attached hydrogens (tertiary/aromatic N) is 3. The first-order valence-corrected chi connectivity index (χ1v) is 9.22. The number of pyridine rings is 2. The highest BCUT2D eigenvalue weighted by atomic mass is 35.5. The summed E-state index contributed by atoms with van der Waals surface area (Å²) >= 11 is 6.00. The van der Waals surface area contributed by atoms with Gasteiger partial charge in [0.2, 0.25) is 0 Å². The summed E-state index contributed by atoms with van der Waals surface area (Å²) in [5.74, 6) is 0.303. The number of carbonyl (C=O) groups excluding carboxylic acids is 1. The third-order valence-electron chi connectivity index (χ3n) is 4.26. The maximum atomic E-state index is 12.4. The molecule has 2 aromatic heterocycles. The number of anilines is 1. The molecule has 0 bridgehead atoms. The number of rotatable bonds is 6. The summed E-state index contributed by atoms with van der Waals surface area (Å²) in [7, 11) is 3.93. The monoisotopic (exact) mass is 395 g/mol. The summed E-state index contributed by atoms with van der Waals surface area (Å²) in [6.07, 6.45) is 3.33. The number of carbonyl (C=O) groups is 1. The van der Waals surface area contributed by atoms with E-state index in [4.69, 9.17) is 17.3 Å². The summed E-state index contributed by atoms with van der Waals surface area (Å²) in [4.78, 5) is 22.7. The number of nitrogen functional groups attached to an aromatic ring is 1. The van der Waals surface area contributed by atoms with Crippen LogP contribution in [-0.2, 0) is 0 Å². The van der Waals surface area contributed by atoms with Crippen LogP contribution in [-0.4, -0.2) is 48.0 Å². The van der Waals surface area contributed by atoms with Crippen molar-refractivity contribution in [1.82, 2.24) is 20.2 Å². The molecule has 0 spiro atoms. The van der Waals surface area contributed by atoms with Gasteiger partial charge >= 0.3 is 0 Å². The van der Waals surface area contributed by atoms with Crippen molar-refractivity contribution in [3.05, 3.63) is 65.6 Å². The minimum absolute atomic E-state index is 0.103. The summed E-state index contributed by atoms with van der Waals surface area (Å²) in [5, 5.41) is 3.31. The second-order valence-electron chi connectivity index (χ2n) is 6.66. The molecule has 28 heavy (non-hydrogen) atoms. The average molecular weight is 396 g/mol. The Morgan fingerprint density at radius 3 is 2.68 bits per heavy atom. The number of hydrogen-bond donors (Lipinski definition) is 2. The summed E-state index contributed by atoms with van der Waals surface area (Å²) in [5.41, 5.74) is 10.0. The van der Waals surface area contributed by atoms with Gasteiger partial charge in [0, 0.05) is 42.2 Å². The van der Waals surface area contributed by atoms with Crippen molar-refractivity contribution in [1.29, 1.82) is 0 Å². The molecular formula is C21H22ClN5O. The van der Waals surface area contributed by atoms with E-state index in [9.17, 15) is 4.79 Å². The van der Waals surface area contributed by atoms with Crippen LogP contribution in [0.2, 0.25) is 5.15 Å². The van der Waals surface area contributed by atoms with Crippen molar-refractivity contribution < 1.29 is 4.79 Å². The lowest BCUT2D eigenvalue weighted by molar-refractivity contribution is 0.0951. The van der Waals surface area contributed by atoms with Crippen LogP contribution < -0.4 is 11.1 Å². The summed E-state index contributed by atoms with van der Waals surface area (Å²) < 4.78 is 0. The van der Waals surface area contributed by atoms with Gasteiger partial charge in [0.05, 0.1) is 0 Å². The maximum Gasteiger partial charge on any atom is 0.251 e. The Bertz CT molecular complexity index is 990. The largest absolute Gasteiger partial charge is 0.383 e. The SMILES string of the molecule is CN(C)CCNC(=O)c1cccc(-c2cnc(N)c(-c3ccnc(Cl)c3)c2)c1. The fourth-order valence-electron chi connectivity index (χ4n) is 2.77. The molecule has 0 radical (unpaired) electrons. The number of hydrogen-bond acceptors (Lipinski definition) is 5. The molecular weight excluding hydrogens is 374 g/mol. The van der Waals surface area contributed by atoms with Gasteiger partial charge in [-0.05, 0) is 55.6 Å². The summed E-state index contributed by atoms with van der Waals surface area (Å²) in [6.45, 7) is 1.37. The second-order valence-corrected chi connectivity index (χ2v) is 7.05. The van der Waals surface area contributed by atoms with E-state index in [1.165, 1.54) is 0 Å². The first-order valence-electron chi connectivity index (χ1n) is 8.85. The molecule has 3 rings (SSSR count). The quantitative estimate of drug-likeness (QED) is 0.625. The lowest BCUT2D eigenvalue weighted by Gasteiger charge is -2.12. The smallest absolute Gasteiger partial charge is 0.251 e. The zero-order valence-electron chi connectivity index (χ0n) is 15.8. The highest BCUT2D eigenvalue weighted by molar-refractivity contribution is 6.29. The van der Waals surface area contributed by atoms with E-state index in [0.717, 1.165) is 28.8 Å². The highest BCUT2D eigenvalue weighted by Gasteiger charge is 2.10. The van der Waals surface area contributed by atoms with E-state index in [1.807, 2.05) is 49.3 Å². The molecule has 2 heterocycles. The zero-order chi connectivity index (χ0) is 20.1. The Labute approximate surface area is 169 Å². The van der Waals surface area contributed by atoms with E-state index in [2.05, 4.69) is 15.3 Å². The highest BCUT2D eigenvalue weighted by Crippen LogP contribution is 2.30. The van der Waals surface area contributed by atoms with Crippen molar-refractivity contribution in [2.45, 2.75) is 0 Å². The number of aromatic nitrogens is 2. The summed E-state index contributed by atoms with van der Waals surface area (Å²) in [6, 6.07) is 13.0. The molecule has 1 aromatic carbocycles. The van der Waals surface area contributed by atoms with Crippen molar-refractivity contribution in [2.75, 3.05) is 32.9 Å². The van der Waals surface area contributed by atoms with Gasteiger partial charge in [-0.15, -0.1) is 0 Å². The molecule has 6 nitrogen and oxygen atoms in total. The molecule has 0 saturated heterocycles. The van der Waals surface area contributed by atoms with Gasteiger partial charge in [0.15, 0.2) is 0 Å². The lowest BCUT2D eigenvalue weighted by atomic mass is 10.00. The number of nitrogens with two attached hydrogens (primary N) is 1. The maximum absolute atomic E-state index is 12.4. The predicted octanol–water partition coefficient (Wildman–Crippen LogP) is 3.34. The number of halogens is 1. The molecule has 1 amide bonds. The molecule has 0 saturated carbocycles. The van der Waals surface area contributed by atoms with E-state index >= 15 is 0 Å². The Kier molecular flexibility index (Phi) is 6.23. The third-order valence-corrected chi connectivity index (χ3v) is 4.47. The molecule has 3 aromatic rings. The minimum Gasteiger partial charge on any atom is -0.383 e. The Balaban J connectivity index is 1.88. The van der Waals surface area contributed by atoms with Crippen molar-refractivity contribution in [3.8, 4) is 22.3 Å². The van der Waals surface area contributed by atoms with Crippen LogP contribution in [0.3, 0.4) is 0 Å². The molecule has 0 aliphatic heterocycles. The number of amides is 1. The average Bonchev–Trinajstić information content (AvgIpc) is 2.68. The van der Waals surface area contributed by atoms with Gasteiger partial charge in [-0.25, -0.2) is 9.97 Å². The van der Waals surface area contributed by atoms with Gasteiger partial charge in [-0.2, -0.15) is 0 Å². The van der Waals surface area contributed by atoms with Gasteiger partial charge < -0.3 is 16.0 Å². The second kappa shape index (κ2) is 8.82. The Morgan fingerprint density at radius 1 is 1.11 bits per heavy atom. The lowest BCUT2D eigenvalue weighted by Crippen LogP contribution is -2.31. The van der Waals surface area contributed by atoms with Crippen LogP contribution in [0.25, 0.3) is 22.3 Å². The Morgan fingerprint density at radius 2 is 1.93 bits per heavy atom. The van der Waals surface area contributed by atoms with Crippen LogP contribution in [0, 0.1) is 0 Å². The molecule has 3 N–H and O–H groups in total. The minimum atomic E-state index is -0.103. The molecule has 0 fully saturated rings. The first-order chi connectivity index (χ1) is 13.4. The molecule has 0 unspecified atom stereocenters. The van der Waals surface area contributed by atoms with Gasteiger partial charge in [-0.1, -0.05) is 23.7 Å². The number of benzene rings is 1. The zero-order valence-corrected chi connectivity index (χ0v) is 16.6. The van der Waals surface area contributed by atoms with Crippen molar-refractivity contribution >= 4 is 23.3 Å². The standard InChI is InChI=1S/C21H22ClN5O/c1-27(2)9-8-25-21(28)16-5-3-4-14(10-16)17-11-18(20(23)26-13-17)15-6-7-24-19(22)12-15/h3-7,10-13H,8-9H2,1-2H3,(H2,23,26)(H,25,28). The van der Waals surface area contributed by atoms with Crippen molar-refractivity contribution in [3.63, 3.8) is 0 Å². The van der Waals surface area contributed by atoms with Crippen molar-refractivity contribution in [2.24, 2.45) is 0 Å². The molecule has 0 aliphatic carbocycles. The van der Waals surface area contributed by atoms with Gasteiger partial charge in [0.25, 0.3) is 5.91 Å². The molecule has 144 valence electrons. The van der Waals surface area contributed by atoms with E-state index in [-0.39, 0.29) is 5.91 Å². The fourth-order valence-corrected chi connectivity index (χ4v) is 2.94. The first kappa shape index (κ1) is 19.8. The molecule has 7 heteroatoms. The third kappa shape index (κ3) is 4.85. The van der Waals surface area contributed by atoms with E-state index in [0.29, 0.717) is 23.1 Å². The predicted molar refractivity (Wildman–Crippen MR) is 113 cm³/mol. The topological polar surface area (TPSA) is 84.1 Å². The van der Waals surface area contributed by atoms with Crippen LogP contribution in [0.15, 0.2) is 54.9 Å². The molecule has 0 atom stereocenters. The normalized spacial score (nSPS) is 10.9. The van der Waals surface area contributed by atoms with Crippen LogP contribution >= 0.6 is 11.6 Å². The van der Waals surface area contributed by atoms with Crippen LogP contribution in [0.1, 0.15) is 10.4 Å². The van der Waals surface area contributed by atoms with Gasteiger partial charge in [0.1, 0.15) is 11.0 Å². The van der Waals surface area contributed by atoms with E-state index < -0.39 is 0 Å². The fraction of sp³-hybridized carbons (Fsp3) is 0.190. The molecule has 0 aliphatic rings. The van der Waals surface area contributed by atoms with Crippen LogP contribution in [0.5, 0.6) is 0 Å². The number of likely N-dealkylation sites (N-methyl/N-ethyl adjacent to an activating group) is 1. The van der Waals surface area contributed by atoms with E-state index in [1.54, 1.807) is 24.5 Å².